The lowest BCUT2D eigenvalue weighted by molar-refractivity contribution is 0.402. The molecule has 0 heteroatoms. The summed E-state index contributed by atoms with van der Waals surface area (Å²) in [6, 6.07) is 17.2. The molecule has 0 fully saturated rings. The number of aryl methyl sites for hydroxylation is 2. The van der Waals surface area contributed by atoms with Crippen molar-refractivity contribution in [3.63, 3.8) is 0 Å². The van der Waals surface area contributed by atoms with Crippen molar-refractivity contribution in [3.8, 4) is 22.3 Å². The van der Waals surface area contributed by atoms with Crippen LogP contribution < -0.4 is 0 Å². The molecule has 0 aromatic heterocycles. The first kappa shape index (κ1) is 27.2. The number of rotatable bonds is 2. The molecule has 0 nitrogen and oxygen atoms in total. The fourth-order valence-electron chi connectivity index (χ4n) is 8.77. The van der Waals surface area contributed by atoms with Crippen molar-refractivity contribution in [2.24, 2.45) is 0 Å². The molecule has 0 spiro atoms. The van der Waals surface area contributed by atoms with E-state index >= 15 is 0 Å². The van der Waals surface area contributed by atoms with E-state index in [4.69, 9.17) is 0 Å². The van der Waals surface area contributed by atoms with Crippen molar-refractivity contribution < 1.29 is 0 Å². The Labute approximate surface area is 233 Å². The minimum absolute atomic E-state index is 0.00303. The van der Waals surface area contributed by atoms with Gasteiger partial charge in [0.2, 0.25) is 0 Å². The molecule has 0 saturated carbocycles. The topological polar surface area (TPSA) is 0 Å². The number of fused-ring (bicyclic) bond motifs is 2. The van der Waals surface area contributed by atoms with Gasteiger partial charge in [0, 0.05) is 0 Å². The van der Waals surface area contributed by atoms with E-state index in [9.17, 15) is 0 Å². The van der Waals surface area contributed by atoms with E-state index in [1.807, 2.05) is 0 Å². The van der Waals surface area contributed by atoms with Crippen LogP contribution in [0.5, 0.6) is 0 Å². The maximum Gasteiger partial charge on any atom is -0.00921 e. The van der Waals surface area contributed by atoms with Crippen molar-refractivity contribution in [2.45, 2.75) is 130 Å². The molecule has 0 radical (unpaired) electrons. The van der Waals surface area contributed by atoms with E-state index in [-0.39, 0.29) is 27.1 Å². The van der Waals surface area contributed by atoms with Gasteiger partial charge in [0.25, 0.3) is 0 Å². The van der Waals surface area contributed by atoms with Crippen LogP contribution in [-0.4, -0.2) is 0 Å². The number of benzene rings is 3. The van der Waals surface area contributed by atoms with Crippen LogP contribution in [0.15, 0.2) is 42.5 Å². The van der Waals surface area contributed by atoms with Gasteiger partial charge < -0.3 is 0 Å². The molecule has 3 aromatic carbocycles. The van der Waals surface area contributed by atoms with Gasteiger partial charge in [-0.05, 0) is 115 Å². The first-order chi connectivity index (χ1) is 17.3. The summed E-state index contributed by atoms with van der Waals surface area (Å²) >= 11 is 0. The highest BCUT2D eigenvalue weighted by Gasteiger charge is 2.43. The van der Waals surface area contributed by atoms with Crippen LogP contribution in [0.3, 0.4) is 0 Å². The van der Waals surface area contributed by atoms with Gasteiger partial charge in [0.1, 0.15) is 0 Å². The monoisotopic (exact) mass is 506 g/mol. The molecule has 5 rings (SSSR count). The van der Waals surface area contributed by atoms with Gasteiger partial charge in [0.05, 0.1) is 0 Å². The molecule has 0 unspecified atom stereocenters. The predicted molar refractivity (Wildman–Crippen MR) is 167 cm³/mol. The lowest BCUT2D eigenvalue weighted by atomic mass is 9.73. The van der Waals surface area contributed by atoms with Crippen LogP contribution in [0.2, 0.25) is 0 Å². The molecule has 0 aliphatic heterocycles. The fraction of sp³-hybridized carbons (Fsp3) is 0.526. The van der Waals surface area contributed by atoms with Crippen LogP contribution in [0.25, 0.3) is 22.3 Å². The van der Waals surface area contributed by atoms with Gasteiger partial charge in [-0.1, -0.05) is 119 Å². The molecule has 2 aliphatic rings. The number of hydrogen-bond donors (Lipinski definition) is 0. The second kappa shape index (κ2) is 8.09. The largest absolute Gasteiger partial charge is 0.0576 e. The van der Waals surface area contributed by atoms with Crippen LogP contribution in [0.4, 0.5) is 0 Å². The van der Waals surface area contributed by atoms with E-state index in [0.29, 0.717) is 0 Å². The minimum Gasteiger partial charge on any atom is -0.0576 e. The van der Waals surface area contributed by atoms with Gasteiger partial charge in [-0.2, -0.15) is 0 Å². The average Bonchev–Trinajstić information content (AvgIpc) is 3.06. The Kier molecular flexibility index (Phi) is 5.80. The average molecular weight is 507 g/mol. The zero-order valence-electron chi connectivity index (χ0n) is 26.5. The zero-order valence-corrected chi connectivity index (χ0v) is 26.5. The summed E-state index contributed by atoms with van der Waals surface area (Å²) in [5, 5.41) is 0. The molecule has 0 bridgehead atoms. The molecule has 0 N–H and O–H groups in total. The first-order valence-electron chi connectivity index (χ1n) is 14.7. The van der Waals surface area contributed by atoms with Gasteiger partial charge in [-0.25, -0.2) is 0 Å². The molecular formula is C38H50. The molecule has 0 saturated heterocycles. The van der Waals surface area contributed by atoms with E-state index in [1.54, 1.807) is 0 Å². The lowest BCUT2D eigenvalue weighted by Crippen LogP contribution is -2.18. The highest BCUT2D eigenvalue weighted by Crippen LogP contribution is 2.53. The van der Waals surface area contributed by atoms with Crippen molar-refractivity contribution in [1.82, 2.24) is 0 Å². The van der Waals surface area contributed by atoms with Crippen molar-refractivity contribution >= 4 is 0 Å². The van der Waals surface area contributed by atoms with E-state index < -0.39 is 0 Å². The maximum atomic E-state index is 2.54. The smallest absolute Gasteiger partial charge is 0.00921 e. The number of hydrogen-bond acceptors (Lipinski definition) is 0. The maximum absolute atomic E-state index is 2.54. The first-order valence-corrected chi connectivity index (χ1v) is 14.7. The lowest BCUT2D eigenvalue weighted by Gasteiger charge is -2.31. The minimum atomic E-state index is 0.00303. The van der Waals surface area contributed by atoms with Crippen molar-refractivity contribution in [1.29, 1.82) is 0 Å². The third-order valence-corrected chi connectivity index (χ3v) is 9.77. The summed E-state index contributed by atoms with van der Waals surface area (Å²) in [5.41, 5.74) is 16.8. The third kappa shape index (κ3) is 4.09. The Bertz CT molecular complexity index is 1340. The standard InChI is InChI=1S/C38H50/c1-23-18-24(2)32(26-15-17-28-30(20-26)38(12,13)22-36(28,8)9)33(34(3,4)5)31(23)25-14-16-27-29(19-25)37(10,11)21-35(27,6)7/h14-20H,21-22H2,1-13H3. The zero-order chi connectivity index (χ0) is 28.2. The summed E-state index contributed by atoms with van der Waals surface area (Å²) in [5.74, 6) is 0. The predicted octanol–water partition coefficient (Wildman–Crippen LogP) is 10.9. The third-order valence-electron chi connectivity index (χ3n) is 9.77. The van der Waals surface area contributed by atoms with Gasteiger partial charge in [0.15, 0.2) is 0 Å². The Balaban J connectivity index is 1.80. The molecule has 38 heavy (non-hydrogen) atoms. The highest BCUT2D eigenvalue weighted by atomic mass is 14.5. The van der Waals surface area contributed by atoms with Crippen molar-refractivity contribution in [2.75, 3.05) is 0 Å². The van der Waals surface area contributed by atoms with Crippen LogP contribution in [-0.2, 0) is 27.1 Å². The Morgan fingerprint density at radius 2 is 0.842 bits per heavy atom. The quantitative estimate of drug-likeness (QED) is 0.324. The van der Waals surface area contributed by atoms with Gasteiger partial charge in [-0.15, -0.1) is 0 Å². The van der Waals surface area contributed by atoms with Crippen molar-refractivity contribution in [3.05, 3.63) is 81.4 Å². The summed E-state index contributed by atoms with van der Waals surface area (Å²) in [7, 11) is 0. The Hall–Kier alpha value is -2.34. The molecule has 202 valence electrons. The van der Waals surface area contributed by atoms with Gasteiger partial charge >= 0.3 is 0 Å². The summed E-state index contributed by atoms with van der Waals surface area (Å²) in [4.78, 5) is 0. The second-order valence-electron chi connectivity index (χ2n) is 16.3. The fourth-order valence-corrected chi connectivity index (χ4v) is 8.77. The second-order valence-corrected chi connectivity index (χ2v) is 16.3. The molecule has 2 aliphatic carbocycles. The summed E-state index contributed by atoms with van der Waals surface area (Å²) < 4.78 is 0. The summed E-state index contributed by atoms with van der Waals surface area (Å²) in [6.07, 6.45) is 2.40. The van der Waals surface area contributed by atoms with Crippen LogP contribution in [0.1, 0.15) is 128 Å². The normalized spacial score (nSPS) is 20.3. The van der Waals surface area contributed by atoms with Gasteiger partial charge in [-0.3, -0.25) is 0 Å². The van der Waals surface area contributed by atoms with E-state index in [2.05, 4.69) is 132 Å². The molecule has 3 aromatic rings. The van der Waals surface area contributed by atoms with E-state index in [1.165, 1.54) is 74.0 Å². The van der Waals surface area contributed by atoms with Crippen LogP contribution in [0, 0.1) is 13.8 Å². The molecule has 0 heterocycles. The SMILES string of the molecule is Cc1cc(C)c(-c2ccc3c(c2)C(C)(C)CC3(C)C)c(C(C)(C)C)c1-c1ccc2c(c1)C(C)(C)CC2(C)C. The summed E-state index contributed by atoms with van der Waals surface area (Å²) in [6.45, 7) is 31.2. The van der Waals surface area contributed by atoms with E-state index in [0.717, 1.165) is 0 Å². The molecule has 0 amide bonds. The Morgan fingerprint density at radius 3 is 1.18 bits per heavy atom. The Morgan fingerprint density at radius 1 is 0.500 bits per heavy atom. The van der Waals surface area contributed by atoms with Crippen LogP contribution >= 0.6 is 0 Å². The molecule has 0 atom stereocenters. The highest BCUT2D eigenvalue weighted by molar-refractivity contribution is 5.85. The molecular weight excluding hydrogens is 456 g/mol.